The van der Waals surface area contributed by atoms with Crippen molar-refractivity contribution in [2.75, 3.05) is 25.9 Å². The topological polar surface area (TPSA) is 64.8 Å². The summed E-state index contributed by atoms with van der Waals surface area (Å²) in [6, 6.07) is 12.5. The molecular weight excluding hydrogens is 340 g/mol. The van der Waals surface area contributed by atoms with Crippen LogP contribution in [-0.4, -0.2) is 37.1 Å². The summed E-state index contributed by atoms with van der Waals surface area (Å²) in [6.07, 6.45) is 1.69. The van der Waals surface area contributed by atoms with Crippen molar-refractivity contribution >= 4 is 23.2 Å². The van der Waals surface area contributed by atoms with Crippen molar-refractivity contribution < 1.29 is 14.3 Å². The summed E-state index contributed by atoms with van der Waals surface area (Å²) in [5.41, 5.74) is 6.94. The molecule has 1 saturated heterocycles. The molecule has 0 unspecified atom stereocenters. The first-order valence-electron chi connectivity index (χ1n) is 8.22. The number of hydrogen-bond donors (Lipinski definition) is 1. The first kappa shape index (κ1) is 17.4. The molecule has 0 atom stereocenters. The third-order valence-electron chi connectivity index (χ3n) is 4.32. The van der Waals surface area contributed by atoms with E-state index in [1.54, 1.807) is 25.3 Å². The molecule has 3 rings (SSSR count). The fourth-order valence-corrected chi connectivity index (χ4v) is 3.06. The normalized spacial score (nSPS) is 15.0. The van der Waals surface area contributed by atoms with Gasteiger partial charge in [-0.2, -0.15) is 0 Å². The first-order valence-corrected chi connectivity index (χ1v) is 8.59. The fraction of sp³-hybridized carbons (Fsp3) is 0.316. The van der Waals surface area contributed by atoms with E-state index < -0.39 is 0 Å². The number of hydrogen-bond acceptors (Lipinski definition) is 4. The van der Waals surface area contributed by atoms with Gasteiger partial charge in [0.25, 0.3) is 5.91 Å². The van der Waals surface area contributed by atoms with Crippen LogP contribution in [0.3, 0.4) is 0 Å². The van der Waals surface area contributed by atoms with Crippen LogP contribution in [0.15, 0.2) is 42.5 Å². The monoisotopic (exact) mass is 360 g/mol. The number of piperidine rings is 1. The van der Waals surface area contributed by atoms with Crippen LogP contribution < -0.4 is 15.2 Å². The molecule has 2 aromatic rings. The van der Waals surface area contributed by atoms with Gasteiger partial charge in [-0.05, 0) is 42.5 Å². The van der Waals surface area contributed by atoms with Gasteiger partial charge in [-0.3, -0.25) is 4.79 Å². The second kappa shape index (κ2) is 7.66. The molecule has 0 radical (unpaired) electrons. The molecule has 0 spiro atoms. The lowest BCUT2D eigenvalue weighted by Gasteiger charge is -2.32. The van der Waals surface area contributed by atoms with E-state index in [0.29, 0.717) is 35.1 Å². The minimum absolute atomic E-state index is 0.0145. The van der Waals surface area contributed by atoms with E-state index in [9.17, 15) is 4.79 Å². The van der Waals surface area contributed by atoms with Crippen LogP contribution in [-0.2, 0) is 0 Å². The number of amides is 1. The minimum Gasteiger partial charge on any atom is -0.495 e. The number of benzene rings is 2. The maximum atomic E-state index is 12.6. The number of nitrogen functional groups attached to an aromatic ring is 1. The van der Waals surface area contributed by atoms with E-state index in [2.05, 4.69) is 0 Å². The second-order valence-electron chi connectivity index (χ2n) is 6.02. The van der Waals surface area contributed by atoms with Gasteiger partial charge in [0.15, 0.2) is 0 Å². The Hall–Kier alpha value is -2.40. The van der Waals surface area contributed by atoms with E-state index in [-0.39, 0.29) is 12.0 Å². The highest BCUT2D eigenvalue weighted by Gasteiger charge is 2.25. The number of rotatable bonds is 4. The van der Waals surface area contributed by atoms with Crippen molar-refractivity contribution in [1.29, 1.82) is 0 Å². The maximum absolute atomic E-state index is 12.6. The van der Waals surface area contributed by atoms with Gasteiger partial charge >= 0.3 is 0 Å². The zero-order valence-corrected chi connectivity index (χ0v) is 14.8. The summed E-state index contributed by atoms with van der Waals surface area (Å²) in [7, 11) is 1.55. The summed E-state index contributed by atoms with van der Waals surface area (Å²) < 4.78 is 11.1. The lowest BCUT2D eigenvalue weighted by molar-refractivity contribution is 0.0595. The SMILES string of the molecule is COc1ccc(C(=O)N2CCC(Oc3ccc(Cl)cc3)CC2)cc1N. The van der Waals surface area contributed by atoms with E-state index in [4.69, 9.17) is 26.8 Å². The van der Waals surface area contributed by atoms with Crippen molar-refractivity contribution in [2.24, 2.45) is 0 Å². The molecule has 2 N–H and O–H groups in total. The van der Waals surface area contributed by atoms with Crippen LogP contribution in [0.5, 0.6) is 11.5 Å². The van der Waals surface area contributed by atoms with E-state index in [0.717, 1.165) is 18.6 Å². The summed E-state index contributed by atoms with van der Waals surface area (Å²) in [5.74, 6) is 1.36. The van der Waals surface area contributed by atoms with Gasteiger partial charge < -0.3 is 20.1 Å². The number of likely N-dealkylation sites (tertiary alicyclic amines) is 1. The maximum Gasteiger partial charge on any atom is 0.253 e. The molecule has 0 bridgehead atoms. The van der Waals surface area contributed by atoms with E-state index in [1.165, 1.54) is 0 Å². The van der Waals surface area contributed by atoms with E-state index >= 15 is 0 Å². The Morgan fingerprint density at radius 1 is 1.16 bits per heavy atom. The molecule has 6 heteroatoms. The van der Waals surface area contributed by atoms with Crippen molar-refractivity contribution in [2.45, 2.75) is 18.9 Å². The molecule has 1 fully saturated rings. The average molecular weight is 361 g/mol. The summed E-state index contributed by atoms with van der Waals surface area (Å²) >= 11 is 5.88. The van der Waals surface area contributed by atoms with Crippen LogP contribution in [0, 0.1) is 0 Å². The smallest absolute Gasteiger partial charge is 0.253 e. The van der Waals surface area contributed by atoms with E-state index in [1.807, 2.05) is 29.2 Å². The Morgan fingerprint density at radius 2 is 1.84 bits per heavy atom. The van der Waals surface area contributed by atoms with Crippen molar-refractivity contribution in [3.8, 4) is 11.5 Å². The molecule has 0 aromatic heterocycles. The van der Waals surface area contributed by atoms with Gasteiger partial charge in [-0.25, -0.2) is 0 Å². The predicted octanol–water partition coefficient (Wildman–Crippen LogP) is 3.61. The zero-order valence-electron chi connectivity index (χ0n) is 14.1. The molecule has 2 aromatic carbocycles. The Balaban J connectivity index is 1.57. The number of carbonyl (C=O) groups is 1. The molecular formula is C19H21ClN2O3. The molecule has 132 valence electrons. The molecule has 25 heavy (non-hydrogen) atoms. The molecule has 1 aliphatic heterocycles. The number of nitrogens with zero attached hydrogens (tertiary/aromatic N) is 1. The summed E-state index contributed by atoms with van der Waals surface area (Å²) in [6.45, 7) is 1.31. The van der Waals surface area contributed by atoms with Crippen molar-refractivity contribution in [3.63, 3.8) is 0 Å². The van der Waals surface area contributed by atoms with Gasteiger partial charge in [0.1, 0.15) is 17.6 Å². The summed E-state index contributed by atoms with van der Waals surface area (Å²) in [5, 5.41) is 0.687. The first-order chi connectivity index (χ1) is 12.1. The number of ether oxygens (including phenoxy) is 2. The third-order valence-corrected chi connectivity index (χ3v) is 4.57. The second-order valence-corrected chi connectivity index (χ2v) is 6.46. The molecule has 1 heterocycles. The lowest BCUT2D eigenvalue weighted by atomic mass is 10.1. The largest absolute Gasteiger partial charge is 0.495 e. The highest BCUT2D eigenvalue weighted by Crippen LogP contribution is 2.25. The third kappa shape index (κ3) is 4.17. The van der Waals surface area contributed by atoms with Crippen molar-refractivity contribution in [3.05, 3.63) is 53.1 Å². The molecule has 1 aliphatic rings. The van der Waals surface area contributed by atoms with Gasteiger partial charge in [-0.1, -0.05) is 11.6 Å². The standard InChI is InChI=1S/C19H21ClN2O3/c1-24-18-7-2-13(12-17(18)21)19(23)22-10-8-16(9-11-22)25-15-5-3-14(20)4-6-15/h2-7,12,16H,8-11,21H2,1H3. The number of methoxy groups -OCH3 is 1. The van der Waals surface area contributed by atoms with Crippen LogP contribution in [0.2, 0.25) is 5.02 Å². The molecule has 0 saturated carbocycles. The van der Waals surface area contributed by atoms with Crippen LogP contribution >= 0.6 is 11.6 Å². The Kier molecular flexibility index (Phi) is 5.34. The van der Waals surface area contributed by atoms with Crippen LogP contribution in [0.4, 0.5) is 5.69 Å². The Labute approximate surface area is 152 Å². The number of carbonyl (C=O) groups excluding carboxylic acids is 1. The molecule has 1 amide bonds. The highest BCUT2D eigenvalue weighted by molar-refractivity contribution is 6.30. The van der Waals surface area contributed by atoms with Gasteiger partial charge in [0.05, 0.1) is 12.8 Å². The Morgan fingerprint density at radius 3 is 2.44 bits per heavy atom. The van der Waals surface area contributed by atoms with Crippen molar-refractivity contribution in [1.82, 2.24) is 4.90 Å². The number of halogens is 1. The van der Waals surface area contributed by atoms with Crippen LogP contribution in [0.1, 0.15) is 23.2 Å². The fourth-order valence-electron chi connectivity index (χ4n) is 2.93. The number of anilines is 1. The van der Waals surface area contributed by atoms with Gasteiger partial charge in [0.2, 0.25) is 0 Å². The van der Waals surface area contributed by atoms with Gasteiger partial charge in [0, 0.05) is 36.5 Å². The quantitative estimate of drug-likeness (QED) is 0.846. The van der Waals surface area contributed by atoms with Crippen LogP contribution in [0.25, 0.3) is 0 Å². The minimum atomic E-state index is -0.0145. The highest BCUT2D eigenvalue weighted by atomic mass is 35.5. The Bertz CT molecular complexity index is 741. The van der Waals surface area contributed by atoms with Gasteiger partial charge in [-0.15, -0.1) is 0 Å². The zero-order chi connectivity index (χ0) is 17.8. The number of nitrogens with two attached hydrogens (primary N) is 1. The molecule has 5 nitrogen and oxygen atoms in total. The summed E-state index contributed by atoms with van der Waals surface area (Å²) in [4.78, 5) is 14.5. The average Bonchev–Trinajstić information content (AvgIpc) is 2.63. The molecule has 0 aliphatic carbocycles. The lowest BCUT2D eigenvalue weighted by Crippen LogP contribution is -2.41. The predicted molar refractivity (Wildman–Crippen MR) is 98.4 cm³/mol.